The van der Waals surface area contributed by atoms with E-state index in [1.807, 2.05) is 0 Å². The van der Waals surface area contributed by atoms with Gasteiger partial charge in [-0.3, -0.25) is 4.79 Å². The Morgan fingerprint density at radius 2 is 2.18 bits per heavy atom. The first kappa shape index (κ1) is 14.4. The van der Waals surface area contributed by atoms with Crippen LogP contribution in [0, 0.1) is 5.92 Å². The van der Waals surface area contributed by atoms with Crippen LogP contribution in [0.1, 0.15) is 20.3 Å². The summed E-state index contributed by atoms with van der Waals surface area (Å²) < 4.78 is 15.6. The van der Waals surface area contributed by atoms with E-state index >= 15 is 0 Å². The van der Waals surface area contributed by atoms with Gasteiger partial charge in [0.2, 0.25) is 0 Å². The molecule has 1 aliphatic rings. The third-order valence-corrected chi connectivity index (χ3v) is 2.63. The molecule has 2 atom stereocenters. The number of rotatable bonds is 7. The number of carbonyl (C=O) groups excluding carboxylic acids is 1. The van der Waals surface area contributed by atoms with Crippen LogP contribution in [0.2, 0.25) is 0 Å². The lowest BCUT2D eigenvalue weighted by atomic mass is 10.2. The highest BCUT2D eigenvalue weighted by molar-refractivity contribution is 5.76. The molecule has 1 rings (SSSR count). The standard InChI is InChI=1S/C12H23NO4/c1-9(2)8-16-4-5-17-12(14)11-6-10(15-3)7-13-11/h9-11,13H,4-8H2,1-3H3. The van der Waals surface area contributed by atoms with Gasteiger partial charge in [0.1, 0.15) is 12.6 Å². The van der Waals surface area contributed by atoms with Gasteiger partial charge < -0.3 is 19.5 Å². The number of esters is 1. The first-order chi connectivity index (χ1) is 8.13. The zero-order valence-electron chi connectivity index (χ0n) is 10.9. The summed E-state index contributed by atoms with van der Waals surface area (Å²) in [5.74, 6) is 0.294. The van der Waals surface area contributed by atoms with Crippen molar-refractivity contribution in [1.82, 2.24) is 5.32 Å². The highest BCUT2D eigenvalue weighted by Gasteiger charge is 2.30. The highest BCUT2D eigenvalue weighted by Crippen LogP contribution is 2.10. The minimum absolute atomic E-state index is 0.116. The monoisotopic (exact) mass is 245 g/mol. The molecule has 17 heavy (non-hydrogen) atoms. The number of methoxy groups -OCH3 is 1. The van der Waals surface area contributed by atoms with Crippen molar-refractivity contribution >= 4 is 5.97 Å². The SMILES string of the molecule is COC1CNC(C(=O)OCCOCC(C)C)C1. The Labute approximate surface area is 103 Å². The van der Waals surface area contributed by atoms with Crippen molar-refractivity contribution in [3.63, 3.8) is 0 Å². The van der Waals surface area contributed by atoms with Crippen LogP contribution in [-0.2, 0) is 19.0 Å². The minimum Gasteiger partial charge on any atom is -0.462 e. The van der Waals surface area contributed by atoms with E-state index in [0.717, 1.165) is 0 Å². The molecule has 0 aromatic carbocycles. The van der Waals surface area contributed by atoms with Gasteiger partial charge in [-0.25, -0.2) is 0 Å². The smallest absolute Gasteiger partial charge is 0.323 e. The first-order valence-corrected chi connectivity index (χ1v) is 6.14. The molecule has 5 nitrogen and oxygen atoms in total. The second-order valence-electron chi connectivity index (χ2n) is 4.69. The molecule has 0 aliphatic carbocycles. The fourth-order valence-electron chi connectivity index (χ4n) is 1.68. The fraction of sp³-hybridized carbons (Fsp3) is 0.917. The summed E-state index contributed by atoms with van der Waals surface area (Å²) in [6.45, 7) is 6.36. The molecule has 1 aliphatic heterocycles. The van der Waals surface area contributed by atoms with Crippen molar-refractivity contribution in [3.05, 3.63) is 0 Å². The van der Waals surface area contributed by atoms with Crippen molar-refractivity contribution < 1.29 is 19.0 Å². The molecule has 0 amide bonds. The largest absolute Gasteiger partial charge is 0.462 e. The molecule has 1 fully saturated rings. The quantitative estimate of drug-likeness (QED) is 0.525. The summed E-state index contributed by atoms with van der Waals surface area (Å²) >= 11 is 0. The molecule has 1 saturated heterocycles. The van der Waals surface area contributed by atoms with E-state index in [2.05, 4.69) is 19.2 Å². The average Bonchev–Trinajstić information content (AvgIpc) is 2.76. The van der Waals surface area contributed by atoms with Crippen molar-refractivity contribution in [1.29, 1.82) is 0 Å². The molecule has 2 unspecified atom stereocenters. The van der Waals surface area contributed by atoms with Crippen molar-refractivity contribution in [3.8, 4) is 0 Å². The first-order valence-electron chi connectivity index (χ1n) is 6.14. The minimum atomic E-state index is -0.231. The normalized spacial score (nSPS) is 24.2. The number of hydrogen-bond acceptors (Lipinski definition) is 5. The van der Waals surface area contributed by atoms with Gasteiger partial charge in [0.15, 0.2) is 0 Å². The van der Waals surface area contributed by atoms with Gasteiger partial charge in [-0.05, 0) is 5.92 Å². The Balaban J connectivity index is 2.05. The van der Waals surface area contributed by atoms with Crippen molar-refractivity contribution in [2.75, 3.05) is 33.5 Å². The molecule has 0 saturated carbocycles. The maximum atomic E-state index is 11.6. The van der Waals surface area contributed by atoms with Gasteiger partial charge in [-0.2, -0.15) is 0 Å². The van der Waals surface area contributed by atoms with E-state index in [0.29, 0.717) is 38.7 Å². The van der Waals surface area contributed by atoms with E-state index in [-0.39, 0.29) is 18.1 Å². The number of hydrogen-bond donors (Lipinski definition) is 1. The molecule has 0 aromatic rings. The van der Waals surface area contributed by atoms with Gasteiger partial charge in [0, 0.05) is 26.7 Å². The highest BCUT2D eigenvalue weighted by atomic mass is 16.6. The van der Waals surface area contributed by atoms with Gasteiger partial charge in [0.05, 0.1) is 12.7 Å². The Bertz CT molecular complexity index is 233. The van der Waals surface area contributed by atoms with Crippen LogP contribution < -0.4 is 5.32 Å². The van der Waals surface area contributed by atoms with E-state index < -0.39 is 0 Å². The lowest BCUT2D eigenvalue weighted by Crippen LogP contribution is -2.33. The average molecular weight is 245 g/mol. The van der Waals surface area contributed by atoms with Crippen LogP contribution in [0.25, 0.3) is 0 Å². The van der Waals surface area contributed by atoms with Crippen LogP contribution in [0.3, 0.4) is 0 Å². The molecule has 1 N–H and O–H groups in total. The van der Waals surface area contributed by atoms with Crippen LogP contribution >= 0.6 is 0 Å². The topological polar surface area (TPSA) is 56.8 Å². The second-order valence-corrected chi connectivity index (χ2v) is 4.69. The van der Waals surface area contributed by atoms with Gasteiger partial charge in [-0.15, -0.1) is 0 Å². The number of nitrogens with one attached hydrogen (secondary N) is 1. The van der Waals surface area contributed by atoms with Crippen LogP contribution in [0.15, 0.2) is 0 Å². The van der Waals surface area contributed by atoms with Crippen LogP contribution in [0.5, 0.6) is 0 Å². The molecular formula is C12H23NO4. The zero-order chi connectivity index (χ0) is 12.7. The summed E-state index contributed by atoms with van der Waals surface area (Å²) in [7, 11) is 1.65. The third kappa shape index (κ3) is 5.48. The summed E-state index contributed by atoms with van der Waals surface area (Å²) in [5.41, 5.74) is 0. The summed E-state index contributed by atoms with van der Waals surface area (Å²) in [6, 6.07) is -0.231. The van der Waals surface area contributed by atoms with Crippen molar-refractivity contribution in [2.45, 2.75) is 32.4 Å². The Kier molecular flexibility index (Phi) is 6.47. The van der Waals surface area contributed by atoms with E-state index in [9.17, 15) is 4.79 Å². The molecule has 0 aromatic heterocycles. The van der Waals surface area contributed by atoms with Gasteiger partial charge in [0.25, 0.3) is 0 Å². The molecule has 0 bridgehead atoms. The number of ether oxygens (including phenoxy) is 3. The van der Waals surface area contributed by atoms with E-state index in [4.69, 9.17) is 14.2 Å². The second kappa shape index (κ2) is 7.63. The predicted molar refractivity (Wildman–Crippen MR) is 63.8 cm³/mol. The Morgan fingerprint density at radius 3 is 2.76 bits per heavy atom. The van der Waals surface area contributed by atoms with Gasteiger partial charge in [-0.1, -0.05) is 13.8 Å². The summed E-state index contributed by atoms with van der Waals surface area (Å²) in [6.07, 6.45) is 0.798. The van der Waals surface area contributed by atoms with E-state index in [1.165, 1.54) is 0 Å². The zero-order valence-corrected chi connectivity index (χ0v) is 10.9. The molecular weight excluding hydrogens is 222 g/mol. The maximum Gasteiger partial charge on any atom is 0.323 e. The Hall–Kier alpha value is -0.650. The van der Waals surface area contributed by atoms with Crippen LogP contribution in [0.4, 0.5) is 0 Å². The molecule has 1 heterocycles. The lowest BCUT2D eigenvalue weighted by molar-refractivity contribution is -0.147. The van der Waals surface area contributed by atoms with E-state index in [1.54, 1.807) is 7.11 Å². The summed E-state index contributed by atoms with van der Waals surface area (Å²) in [5, 5.41) is 3.08. The summed E-state index contributed by atoms with van der Waals surface area (Å²) in [4.78, 5) is 11.6. The lowest BCUT2D eigenvalue weighted by Gasteiger charge is -2.11. The predicted octanol–water partition coefficient (Wildman–Crippen LogP) is 0.579. The number of carbonyl (C=O) groups is 1. The van der Waals surface area contributed by atoms with Crippen LogP contribution in [-0.4, -0.2) is 51.6 Å². The Morgan fingerprint density at radius 1 is 1.41 bits per heavy atom. The third-order valence-electron chi connectivity index (χ3n) is 2.63. The van der Waals surface area contributed by atoms with Gasteiger partial charge >= 0.3 is 5.97 Å². The van der Waals surface area contributed by atoms with Crippen molar-refractivity contribution in [2.24, 2.45) is 5.92 Å². The molecule has 0 radical (unpaired) electrons. The molecule has 5 heteroatoms. The fourth-order valence-corrected chi connectivity index (χ4v) is 1.68. The molecule has 100 valence electrons. The maximum absolute atomic E-state index is 11.6. The molecule has 0 spiro atoms.